The molecule has 0 spiro atoms. The van der Waals surface area contributed by atoms with Gasteiger partial charge in [-0.1, -0.05) is 6.07 Å². The molecule has 3 N–H and O–H groups in total. The number of halogens is 1. The largest absolute Gasteiger partial charge is 0.512 e. The molecular formula is C13H15FO3. The Kier molecular flexibility index (Phi) is 3.45. The van der Waals surface area contributed by atoms with Crippen LogP contribution in [0, 0.1) is 5.82 Å². The highest BCUT2D eigenvalue weighted by Gasteiger charge is 2.17. The molecule has 1 aromatic carbocycles. The molecule has 0 aromatic heterocycles. The van der Waals surface area contributed by atoms with E-state index in [0.717, 1.165) is 24.8 Å². The van der Waals surface area contributed by atoms with Gasteiger partial charge in [0.1, 0.15) is 5.82 Å². The lowest BCUT2D eigenvalue weighted by molar-refractivity contribution is -0.0431. The molecule has 1 aromatic rings. The molecule has 92 valence electrons. The summed E-state index contributed by atoms with van der Waals surface area (Å²) in [7, 11) is 0. The Morgan fingerprint density at radius 2 is 2.00 bits per heavy atom. The van der Waals surface area contributed by atoms with E-state index in [0.29, 0.717) is 5.56 Å². The molecule has 0 amide bonds. The van der Waals surface area contributed by atoms with E-state index in [4.69, 9.17) is 10.2 Å². The number of benzene rings is 1. The zero-order valence-electron chi connectivity index (χ0n) is 9.36. The topological polar surface area (TPSA) is 60.7 Å². The summed E-state index contributed by atoms with van der Waals surface area (Å²) in [6.07, 6.45) is 1.32. The average molecular weight is 238 g/mol. The molecule has 1 saturated carbocycles. The van der Waals surface area contributed by atoms with Crippen molar-refractivity contribution in [2.24, 2.45) is 0 Å². The van der Waals surface area contributed by atoms with Gasteiger partial charge < -0.3 is 15.3 Å². The van der Waals surface area contributed by atoms with Crippen molar-refractivity contribution in [3.8, 4) is 0 Å². The van der Waals surface area contributed by atoms with Crippen LogP contribution in [0.2, 0.25) is 0 Å². The second-order valence-corrected chi connectivity index (χ2v) is 4.30. The fourth-order valence-electron chi connectivity index (χ4n) is 1.93. The maximum absolute atomic E-state index is 13.1. The number of allylic oxidation sites excluding steroid dienone is 2. The minimum atomic E-state index is -1.65. The Bertz CT molecular complexity index is 446. The van der Waals surface area contributed by atoms with Crippen LogP contribution in [0.5, 0.6) is 0 Å². The third-order valence-electron chi connectivity index (χ3n) is 3.11. The lowest BCUT2D eigenvalue weighted by Crippen LogP contribution is -2.07. The Morgan fingerprint density at radius 1 is 1.29 bits per heavy atom. The highest BCUT2D eigenvalue weighted by atomic mass is 19.1. The maximum atomic E-state index is 13.1. The van der Waals surface area contributed by atoms with Crippen LogP contribution in [0.15, 0.2) is 29.5 Å². The number of rotatable bonds is 3. The van der Waals surface area contributed by atoms with E-state index in [9.17, 15) is 9.50 Å². The van der Waals surface area contributed by atoms with Gasteiger partial charge in [0.05, 0.1) is 5.76 Å². The summed E-state index contributed by atoms with van der Waals surface area (Å²) in [6.45, 7) is 0. The molecule has 1 aliphatic rings. The predicted molar refractivity (Wildman–Crippen MR) is 60.8 cm³/mol. The van der Waals surface area contributed by atoms with Crippen molar-refractivity contribution in [1.29, 1.82) is 0 Å². The molecule has 0 aliphatic heterocycles. The third-order valence-corrected chi connectivity index (χ3v) is 3.11. The van der Waals surface area contributed by atoms with Gasteiger partial charge in [-0.25, -0.2) is 4.39 Å². The van der Waals surface area contributed by atoms with Crippen LogP contribution < -0.4 is 0 Å². The van der Waals surface area contributed by atoms with E-state index in [1.54, 1.807) is 0 Å². The summed E-state index contributed by atoms with van der Waals surface area (Å²) in [5.41, 5.74) is 1.63. The van der Waals surface area contributed by atoms with Crippen LogP contribution >= 0.6 is 0 Å². The summed E-state index contributed by atoms with van der Waals surface area (Å²) >= 11 is 0. The fraction of sp³-hybridized carbons (Fsp3) is 0.385. The van der Waals surface area contributed by atoms with E-state index < -0.39 is 12.1 Å². The third kappa shape index (κ3) is 2.65. The van der Waals surface area contributed by atoms with Gasteiger partial charge in [-0.15, -0.1) is 0 Å². The van der Waals surface area contributed by atoms with E-state index in [-0.39, 0.29) is 17.7 Å². The molecule has 0 unspecified atom stereocenters. The molecule has 1 fully saturated rings. The summed E-state index contributed by atoms with van der Waals surface area (Å²) in [6, 6.07) is 3.73. The molecule has 2 rings (SSSR count). The van der Waals surface area contributed by atoms with Crippen LogP contribution in [-0.2, 0) is 6.42 Å². The molecule has 0 heterocycles. The van der Waals surface area contributed by atoms with E-state index in [1.807, 2.05) is 0 Å². The minimum Gasteiger partial charge on any atom is -0.512 e. The van der Waals surface area contributed by atoms with Crippen molar-refractivity contribution in [1.82, 2.24) is 0 Å². The van der Waals surface area contributed by atoms with E-state index >= 15 is 0 Å². The van der Waals surface area contributed by atoms with Gasteiger partial charge in [-0.2, -0.15) is 0 Å². The van der Waals surface area contributed by atoms with Gasteiger partial charge in [-0.3, -0.25) is 0 Å². The van der Waals surface area contributed by atoms with E-state index in [1.165, 1.54) is 18.2 Å². The summed E-state index contributed by atoms with van der Waals surface area (Å²) in [5.74, 6) is -0.223. The SMILES string of the molecule is OC(Cc1cc(F)ccc1C(O)O)=C1CCC1. The highest BCUT2D eigenvalue weighted by molar-refractivity contribution is 5.32. The van der Waals surface area contributed by atoms with Gasteiger partial charge in [0.25, 0.3) is 0 Å². The summed E-state index contributed by atoms with van der Waals surface area (Å²) < 4.78 is 13.1. The van der Waals surface area contributed by atoms with Crippen molar-refractivity contribution in [3.63, 3.8) is 0 Å². The van der Waals surface area contributed by atoms with Crippen molar-refractivity contribution in [2.45, 2.75) is 32.0 Å². The molecule has 4 heteroatoms. The zero-order chi connectivity index (χ0) is 12.4. The first-order valence-electron chi connectivity index (χ1n) is 5.62. The fourth-order valence-corrected chi connectivity index (χ4v) is 1.93. The Morgan fingerprint density at radius 3 is 2.53 bits per heavy atom. The van der Waals surface area contributed by atoms with Crippen molar-refractivity contribution < 1.29 is 19.7 Å². The van der Waals surface area contributed by atoms with Gasteiger partial charge in [0, 0.05) is 12.0 Å². The standard InChI is InChI=1S/C13H15FO3/c14-10-4-5-11(13(16)17)9(6-10)7-12(15)8-2-1-3-8/h4-6,13,15-17H,1-3,7H2. The monoisotopic (exact) mass is 238 g/mol. The molecule has 0 bridgehead atoms. The highest BCUT2D eigenvalue weighted by Crippen LogP contribution is 2.30. The molecule has 3 nitrogen and oxygen atoms in total. The van der Waals surface area contributed by atoms with Crippen LogP contribution in [0.25, 0.3) is 0 Å². The lowest BCUT2D eigenvalue weighted by Gasteiger charge is -2.19. The molecule has 0 saturated heterocycles. The number of hydrogen-bond acceptors (Lipinski definition) is 3. The Hall–Kier alpha value is -1.39. The van der Waals surface area contributed by atoms with Crippen LogP contribution in [0.1, 0.15) is 36.7 Å². The van der Waals surface area contributed by atoms with Gasteiger partial charge >= 0.3 is 0 Å². The average Bonchev–Trinajstić information content (AvgIpc) is 2.13. The number of aliphatic hydroxyl groups is 3. The first-order chi connectivity index (χ1) is 8.08. The van der Waals surface area contributed by atoms with Crippen molar-refractivity contribution in [3.05, 3.63) is 46.5 Å². The molecule has 0 radical (unpaired) electrons. The van der Waals surface area contributed by atoms with E-state index in [2.05, 4.69) is 0 Å². The van der Waals surface area contributed by atoms with Gasteiger partial charge in [0.2, 0.25) is 0 Å². The van der Waals surface area contributed by atoms with Gasteiger partial charge in [-0.05, 0) is 42.5 Å². The lowest BCUT2D eigenvalue weighted by atomic mass is 9.89. The first-order valence-corrected chi connectivity index (χ1v) is 5.62. The predicted octanol–water partition coefficient (Wildman–Crippen LogP) is 2.35. The number of aliphatic hydroxyl groups excluding tert-OH is 2. The van der Waals surface area contributed by atoms with Crippen molar-refractivity contribution in [2.75, 3.05) is 0 Å². The summed E-state index contributed by atoms with van der Waals surface area (Å²) in [4.78, 5) is 0. The second-order valence-electron chi connectivity index (χ2n) is 4.30. The molecule has 1 aliphatic carbocycles. The minimum absolute atomic E-state index is 0.153. The first kappa shape index (κ1) is 12.1. The molecule has 0 atom stereocenters. The van der Waals surface area contributed by atoms with Crippen molar-refractivity contribution >= 4 is 0 Å². The second kappa shape index (κ2) is 4.85. The van der Waals surface area contributed by atoms with Gasteiger partial charge in [0.15, 0.2) is 6.29 Å². The Labute approximate surface area is 98.8 Å². The molecule has 17 heavy (non-hydrogen) atoms. The van der Waals surface area contributed by atoms with Crippen LogP contribution in [0.3, 0.4) is 0 Å². The maximum Gasteiger partial charge on any atom is 0.178 e. The zero-order valence-corrected chi connectivity index (χ0v) is 9.36. The summed E-state index contributed by atoms with van der Waals surface area (Å²) in [5, 5.41) is 28.1. The smallest absolute Gasteiger partial charge is 0.178 e. The van der Waals surface area contributed by atoms with Crippen LogP contribution in [0.4, 0.5) is 4.39 Å². The molecular weight excluding hydrogens is 223 g/mol. The number of hydrogen-bond donors (Lipinski definition) is 3. The van der Waals surface area contributed by atoms with Crippen LogP contribution in [-0.4, -0.2) is 15.3 Å². The normalized spacial score (nSPS) is 14.9. The Balaban J connectivity index is 2.27. The quantitative estimate of drug-likeness (QED) is 0.559.